The predicted octanol–water partition coefficient (Wildman–Crippen LogP) is 2.60. The smallest absolute Gasteiger partial charge is 0.356 e. The molecule has 0 unspecified atom stereocenters. The van der Waals surface area contributed by atoms with Crippen LogP contribution in [-0.2, 0) is 10.0 Å². The molecule has 2 saturated heterocycles. The van der Waals surface area contributed by atoms with Crippen molar-refractivity contribution < 1.29 is 21.6 Å². The first-order chi connectivity index (χ1) is 13.7. The SMILES string of the molecule is CCCCN1CCC(NC(=NC)NCC2CCN(S(=O)(=O)C(F)(F)F)CC2)CC1.I. The summed E-state index contributed by atoms with van der Waals surface area (Å²) in [5, 5.41) is 6.68. The lowest BCUT2D eigenvalue weighted by Gasteiger charge is -2.34. The molecule has 2 aliphatic rings. The fourth-order valence-electron chi connectivity index (χ4n) is 3.81. The van der Waals surface area contributed by atoms with Crippen molar-refractivity contribution in [2.75, 3.05) is 46.3 Å². The van der Waals surface area contributed by atoms with Crippen molar-refractivity contribution >= 4 is 40.0 Å². The molecule has 0 aromatic heterocycles. The predicted molar refractivity (Wildman–Crippen MR) is 124 cm³/mol. The topological polar surface area (TPSA) is 77.0 Å². The van der Waals surface area contributed by atoms with E-state index in [1.165, 1.54) is 12.8 Å². The summed E-state index contributed by atoms with van der Waals surface area (Å²) in [7, 11) is -3.52. The maximum Gasteiger partial charge on any atom is 0.511 e. The molecule has 0 aliphatic carbocycles. The average molecular weight is 569 g/mol. The molecule has 30 heavy (non-hydrogen) atoms. The van der Waals surface area contributed by atoms with Gasteiger partial charge in [0, 0.05) is 45.8 Å². The zero-order valence-corrected chi connectivity index (χ0v) is 20.9. The van der Waals surface area contributed by atoms with Crippen LogP contribution in [0.4, 0.5) is 13.2 Å². The molecule has 0 aromatic carbocycles. The zero-order valence-electron chi connectivity index (χ0n) is 17.7. The molecule has 0 spiro atoms. The van der Waals surface area contributed by atoms with Gasteiger partial charge in [-0.1, -0.05) is 13.3 Å². The Kier molecular flexibility index (Phi) is 11.7. The summed E-state index contributed by atoms with van der Waals surface area (Å²) in [6, 6.07) is 0.359. The summed E-state index contributed by atoms with van der Waals surface area (Å²) in [6.45, 7) is 5.85. The number of nitrogens with zero attached hydrogens (tertiary/aromatic N) is 3. The minimum Gasteiger partial charge on any atom is -0.356 e. The van der Waals surface area contributed by atoms with Crippen LogP contribution in [0.25, 0.3) is 0 Å². The molecule has 0 radical (unpaired) electrons. The standard InChI is InChI=1S/C18H34F3N5O2S.HI/c1-3-4-9-25-10-7-16(8-11-25)24-17(22-2)23-14-15-5-12-26(13-6-15)29(27,28)18(19,20)21;/h15-16H,3-14H2,1-2H3,(H2,22,23,24);1H. The van der Waals surface area contributed by atoms with Gasteiger partial charge in [-0.2, -0.15) is 17.5 Å². The third-order valence-corrected chi connectivity index (χ3v) is 7.37. The van der Waals surface area contributed by atoms with Gasteiger partial charge in [-0.25, -0.2) is 8.42 Å². The minimum absolute atomic E-state index is 0. The van der Waals surface area contributed by atoms with Crippen LogP contribution in [0.3, 0.4) is 0 Å². The largest absolute Gasteiger partial charge is 0.511 e. The Balaban J connectivity index is 0.00000450. The molecule has 2 fully saturated rings. The van der Waals surface area contributed by atoms with E-state index in [1.807, 2.05) is 0 Å². The van der Waals surface area contributed by atoms with E-state index in [1.54, 1.807) is 7.05 Å². The summed E-state index contributed by atoms with van der Waals surface area (Å²) >= 11 is 0. The summed E-state index contributed by atoms with van der Waals surface area (Å²) in [5.41, 5.74) is -5.23. The van der Waals surface area contributed by atoms with E-state index in [9.17, 15) is 21.6 Å². The van der Waals surface area contributed by atoms with Crippen molar-refractivity contribution in [2.45, 2.75) is 57.0 Å². The van der Waals surface area contributed by atoms with Crippen LogP contribution in [0.2, 0.25) is 0 Å². The molecule has 178 valence electrons. The normalized spacial score (nSPS) is 21.3. The van der Waals surface area contributed by atoms with Gasteiger partial charge in [0.2, 0.25) is 0 Å². The van der Waals surface area contributed by atoms with Gasteiger partial charge in [0.1, 0.15) is 0 Å². The summed E-state index contributed by atoms with van der Waals surface area (Å²) < 4.78 is 61.5. The van der Waals surface area contributed by atoms with E-state index in [4.69, 9.17) is 0 Å². The first-order valence-corrected chi connectivity index (χ1v) is 11.9. The van der Waals surface area contributed by atoms with Gasteiger partial charge in [-0.3, -0.25) is 4.99 Å². The number of sulfonamides is 1. The van der Waals surface area contributed by atoms with Crippen molar-refractivity contribution in [3.05, 3.63) is 0 Å². The number of aliphatic imine (C=N–C) groups is 1. The summed E-state index contributed by atoms with van der Waals surface area (Å²) in [5.74, 6) is 0.812. The molecule has 0 saturated carbocycles. The van der Waals surface area contributed by atoms with Gasteiger partial charge in [0.15, 0.2) is 5.96 Å². The van der Waals surface area contributed by atoms with Crippen molar-refractivity contribution in [1.82, 2.24) is 19.8 Å². The number of alkyl halides is 3. The van der Waals surface area contributed by atoms with E-state index < -0.39 is 15.5 Å². The molecule has 2 rings (SSSR count). The van der Waals surface area contributed by atoms with E-state index >= 15 is 0 Å². The number of nitrogens with one attached hydrogen (secondary N) is 2. The second-order valence-corrected chi connectivity index (χ2v) is 9.79. The molecule has 0 aromatic rings. The quantitative estimate of drug-likeness (QED) is 0.280. The Bertz CT molecular complexity index is 632. The van der Waals surface area contributed by atoms with Crippen molar-refractivity contribution in [2.24, 2.45) is 10.9 Å². The first-order valence-electron chi connectivity index (χ1n) is 10.4. The molecule has 2 heterocycles. The molecule has 12 heteroatoms. The number of hydrogen-bond acceptors (Lipinski definition) is 4. The maximum absolute atomic E-state index is 12.7. The van der Waals surface area contributed by atoms with Crippen LogP contribution in [0.5, 0.6) is 0 Å². The van der Waals surface area contributed by atoms with Crippen molar-refractivity contribution in [3.63, 3.8) is 0 Å². The molecule has 0 amide bonds. The van der Waals surface area contributed by atoms with Gasteiger partial charge >= 0.3 is 15.5 Å². The highest BCUT2D eigenvalue weighted by Crippen LogP contribution is 2.30. The molecular formula is C18H35F3IN5O2S. The lowest BCUT2D eigenvalue weighted by atomic mass is 9.98. The number of halogens is 4. The Labute approximate surface area is 195 Å². The second kappa shape index (κ2) is 12.6. The lowest BCUT2D eigenvalue weighted by molar-refractivity contribution is -0.0496. The fraction of sp³-hybridized carbons (Fsp3) is 0.944. The number of hydrogen-bond donors (Lipinski definition) is 2. The maximum atomic E-state index is 12.7. The van der Waals surface area contributed by atoms with Crippen LogP contribution in [0.1, 0.15) is 45.4 Å². The van der Waals surface area contributed by atoms with E-state index in [0.717, 1.165) is 32.5 Å². The van der Waals surface area contributed by atoms with E-state index in [2.05, 4.69) is 27.4 Å². The molecule has 7 nitrogen and oxygen atoms in total. The van der Waals surface area contributed by atoms with Crippen LogP contribution in [0, 0.1) is 5.92 Å². The van der Waals surface area contributed by atoms with Crippen LogP contribution >= 0.6 is 24.0 Å². The minimum atomic E-state index is -5.23. The third kappa shape index (κ3) is 7.97. The highest BCUT2D eigenvalue weighted by molar-refractivity contribution is 14.0. The lowest BCUT2D eigenvalue weighted by Crippen LogP contribution is -2.50. The molecular weight excluding hydrogens is 534 g/mol. The molecule has 0 atom stereocenters. The van der Waals surface area contributed by atoms with Gasteiger partial charge in [0.05, 0.1) is 0 Å². The van der Waals surface area contributed by atoms with Gasteiger partial charge in [-0.05, 0) is 44.6 Å². The summed E-state index contributed by atoms with van der Waals surface area (Å²) in [6.07, 6.45) is 5.33. The third-order valence-electron chi connectivity index (χ3n) is 5.74. The van der Waals surface area contributed by atoms with Crippen LogP contribution in [-0.4, -0.2) is 81.4 Å². The van der Waals surface area contributed by atoms with Crippen LogP contribution in [0.15, 0.2) is 4.99 Å². The Hall–Kier alpha value is -0.340. The number of piperidine rings is 2. The van der Waals surface area contributed by atoms with E-state index in [0.29, 0.717) is 35.7 Å². The number of guanidine groups is 1. The van der Waals surface area contributed by atoms with Gasteiger partial charge in [-0.15, -0.1) is 24.0 Å². The molecule has 2 aliphatic heterocycles. The number of likely N-dealkylation sites (tertiary alicyclic amines) is 1. The van der Waals surface area contributed by atoms with Crippen LogP contribution < -0.4 is 10.6 Å². The van der Waals surface area contributed by atoms with Gasteiger partial charge < -0.3 is 15.5 Å². The van der Waals surface area contributed by atoms with Gasteiger partial charge in [0.25, 0.3) is 0 Å². The first kappa shape index (κ1) is 27.7. The van der Waals surface area contributed by atoms with Crippen molar-refractivity contribution in [1.29, 1.82) is 0 Å². The molecule has 0 bridgehead atoms. The Morgan fingerprint density at radius 2 is 1.70 bits per heavy atom. The number of rotatable bonds is 7. The fourth-order valence-corrected chi connectivity index (χ4v) is 4.80. The average Bonchev–Trinajstić information content (AvgIpc) is 2.70. The number of unbranched alkanes of at least 4 members (excludes halogenated alkanes) is 1. The van der Waals surface area contributed by atoms with E-state index in [-0.39, 0.29) is 43.0 Å². The highest BCUT2D eigenvalue weighted by atomic mass is 127. The summed E-state index contributed by atoms with van der Waals surface area (Å²) in [4.78, 5) is 6.73. The Morgan fingerprint density at radius 1 is 1.10 bits per heavy atom. The monoisotopic (exact) mass is 569 g/mol. The zero-order chi connectivity index (χ0) is 21.5. The highest BCUT2D eigenvalue weighted by Gasteiger charge is 2.50. The Morgan fingerprint density at radius 3 is 2.20 bits per heavy atom. The molecule has 2 N–H and O–H groups in total. The second-order valence-electron chi connectivity index (χ2n) is 7.86. The van der Waals surface area contributed by atoms with Crippen molar-refractivity contribution in [3.8, 4) is 0 Å².